The van der Waals surface area contributed by atoms with Crippen molar-refractivity contribution in [3.05, 3.63) is 45.5 Å². The quantitative estimate of drug-likeness (QED) is 0.838. The lowest BCUT2D eigenvalue weighted by atomic mass is 10.3. The van der Waals surface area contributed by atoms with Crippen molar-refractivity contribution in [2.75, 3.05) is 5.32 Å². The van der Waals surface area contributed by atoms with Gasteiger partial charge in [-0.15, -0.1) is 0 Å². The number of nitrogens with one attached hydrogen (secondary N) is 1. The Morgan fingerprint density at radius 1 is 1.12 bits per heavy atom. The molecule has 0 unspecified atom stereocenters. The maximum Gasteiger partial charge on any atom is 0.218 e. The minimum absolute atomic E-state index is 0.409. The van der Waals surface area contributed by atoms with Gasteiger partial charge in [0, 0.05) is 15.0 Å². The summed E-state index contributed by atoms with van der Waals surface area (Å²) in [6.07, 6.45) is 1.17. The molecule has 0 spiro atoms. The van der Waals surface area contributed by atoms with E-state index in [1.54, 1.807) is 0 Å². The van der Waals surface area contributed by atoms with Crippen LogP contribution in [0.15, 0.2) is 39.5 Å². The highest BCUT2D eigenvalue weighted by molar-refractivity contribution is 9.11. The van der Waals surface area contributed by atoms with Crippen molar-refractivity contribution in [3.8, 4) is 0 Å². The molecule has 0 saturated heterocycles. The topological polar surface area (TPSA) is 37.8 Å². The molecule has 2 aromatic rings. The monoisotopic (exact) mass is 345 g/mol. The Kier molecular flexibility index (Phi) is 3.50. The van der Waals surface area contributed by atoms with E-state index in [1.807, 2.05) is 18.2 Å². The van der Waals surface area contributed by atoms with E-state index < -0.39 is 5.95 Å². The van der Waals surface area contributed by atoms with E-state index >= 15 is 0 Å². The van der Waals surface area contributed by atoms with Crippen LogP contribution in [-0.2, 0) is 0 Å². The highest BCUT2D eigenvalue weighted by Crippen LogP contribution is 2.28. The Morgan fingerprint density at radius 2 is 1.94 bits per heavy atom. The third-order valence-corrected chi connectivity index (χ3v) is 3.01. The first-order chi connectivity index (χ1) is 7.65. The number of hydrogen-bond acceptors (Lipinski definition) is 3. The molecule has 0 amide bonds. The van der Waals surface area contributed by atoms with Gasteiger partial charge in [-0.2, -0.15) is 4.39 Å². The summed E-state index contributed by atoms with van der Waals surface area (Å²) in [5.74, 6) is -0.157. The number of nitrogens with zero attached hydrogens (tertiary/aromatic N) is 2. The zero-order chi connectivity index (χ0) is 11.5. The normalized spacial score (nSPS) is 10.2. The molecular weight excluding hydrogens is 341 g/mol. The third-order valence-electron chi connectivity index (χ3n) is 1.82. The predicted octanol–water partition coefficient (Wildman–Crippen LogP) is 3.88. The van der Waals surface area contributed by atoms with Gasteiger partial charge in [0.2, 0.25) is 5.95 Å². The number of aromatic nitrogens is 2. The zero-order valence-corrected chi connectivity index (χ0v) is 11.1. The molecule has 0 aliphatic heterocycles. The number of rotatable bonds is 2. The van der Waals surface area contributed by atoms with Gasteiger partial charge in [-0.1, -0.05) is 15.9 Å². The van der Waals surface area contributed by atoms with Crippen LogP contribution < -0.4 is 5.32 Å². The second kappa shape index (κ2) is 4.88. The molecule has 1 N–H and O–H groups in total. The van der Waals surface area contributed by atoms with Gasteiger partial charge in [-0.05, 0) is 34.1 Å². The molecule has 3 nitrogen and oxygen atoms in total. The Hall–Kier alpha value is -1.01. The van der Waals surface area contributed by atoms with E-state index in [-0.39, 0.29) is 0 Å². The maximum atomic E-state index is 12.8. The van der Waals surface area contributed by atoms with Gasteiger partial charge >= 0.3 is 0 Å². The summed E-state index contributed by atoms with van der Waals surface area (Å²) in [7, 11) is 0. The zero-order valence-electron chi connectivity index (χ0n) is 7.92. The average molecular weight is 347 g/mol. The summed E-state index contributed by atoms with van der Waals surface area (Å²) in [5, 5.41) is 2.99. The van der Waals surface area contributed by atoms with E-state index in [4.69, 9.17) is 0 Å². The van der Waals surface area contributed by atoms with Crippen molar-refractivity contribution < 1.29 is 4.39 Å². The first-order valence-electron chi connectivity index (χ1n) is 4.35. The molecule has 16 heavy (non-hydrogen) atoms. The highest BCUT2D eigenvalue weighted by atomic mass is 79.9. The number of hydrogen-bond donors (Lipinski definition) is 1. The molecule has 0 fully saturated rings. The third kappa shape index (κ3) is 2.76. The van der Waals surface area contributed by atoms with Crippen LogP contribution in [0.4, 0.5) is 15.9 Å². The van der Waals surface area contributed by atoms with Crippen LogP contribution in [0, 0.1) is 5.95 Å². The van der Waals surface area contributed by atoms with Gasteiger partial charge in [0.15, 0.2) is 0 Å². The average Bonchev–Trinajstić information content (AvgIpc) is 2.24. The van der Waals surface area contributed by atoms with E-state index in [1.165, 1.54) is 12.4 Å². The Labute approximate surface area is 108 Å². The SMILES string of the molecule is Fc1cc(Nc2cc(Br)ccc2Br)ncn1. The Balaban J connectivity index is 2.30. The maximum absolute atomic E-state index is 12.8. The van der Waals surface area contributed by atoms with Crippen LogP contribution in [0.3, 0.4) is 0 Å². The molecule has 82 valence electrons. The van der Waals surface area contributed by atoms with Crippen LogP contribution in [0.1, 0.15) is 0 Å². The van der Waals surface area contributed by atoms with Crippen LogP contribution >= 0.6 is 31.9 Å². The van der Waals surface area contributed by atoms with Gasteiger partial charge in [-0.3, -0.25) is 0 Å². The van der Waals surface area contributed by atoms with Gasteiger partial charge in [0.1, 0.15) is 12.1 Å². The minimum atomic E-state index is -0.566. The van der Waals surface area contributed by atoms with Gasteiger partial charge in [0.05, 0.1) is 5.69 Å². The fourth-order valence-electron chi connectivity index (χ4n) is 1.13. The standard InChI is InChI=1S/C10H6Br2FN3/c11-6-1-2-7(12)8(3-6)16-10-4-9(13)14-5-15-10/h1-5H,(H,14,15,16). The summed E-state index contributed by atoms with van der Waals surface area (Å²) in [6.45, 7) is 0. The molecule has 0 aliphatic rings. The molecular formula is C10H6Br2FN3. The van der Waals surface area contributed by atoms with Crippen molar-refractivity contribution in [2.45, 2.75) is 0 Å². The summed E-state index contributed by atoms with van der Waals surface area (Å²) in [6, 6.07) is 6.87. The van der Waals surface area contributed by atoms with Crippen LogP contribution in [0.25, 0.3) is 0 Å². The highest BCUT2D eigenvalue weighted by Gasteiger charge is 2.03. The smallest absolute Gasteiger partial charge is 0.218 e. The van der Waals surface area contributed by atoms with Gasteiger partial charge in [0.25, 0.3) is 0 Å². The molecule has 6 heteroatoms. The second-order valence-corrected chi connectivity index (χ2v) is 4.75. The van der Waals surface area contributed by atoms with E-state index in [0.29, 0.717) is 5.82 Å². The lowest BCUT2D eigenvalue weighted by Gasteiger charge is -2.07. The molecule has 0 aliphatic carbocycles. The van der Waals surface area contributed by atoms with Crippen molar-refractivity contribution in [2.24, 2.45) is 0 Å². The van der Waals surface area contributed by atoms with Crippen LogP contribution in [0.2, 0.25) is 0 Å². The lowest BCUT2D eigenvalue weighted by molar-refractivity contribution is 0.580. The van der Waals surface area contributed by atoms with Crippen molar-refractivity contribution in [1.82, 2.24) is 9.97 Å². The molecule has 0 bridgehead atoms. The predicted molar refractivity (Wildman–Crippen MR) is 67.1 cm³/mol. The van der Waals surface area contributed by atoms with Crippen molar-refractivity contribution >= 4 is 43.4 Å². The largest absolute Gasteiger partial charge is 0.339 e. The molecule has 2 rings (SSSR count). The van der Waals surface area contributed by atoms with Crippen molar-refractivity contribution in [3.63, 3.8) is 0 Å². The van der Waals surface area contributed by atoms with E-state index in [9.17, 15) is 4.39 Å². The first-order valence-corrected chi connectivity index (χ1v) is 5.93. The minimum Gasteiger partial charge on any atom is -0.339 e. The second-order valence-electron chi connectivity index (χ2n) is 2.98. The summed E-state index contributed by atoms with van der Waals surface area (Å²) in [5.41, 5.74) is 0.799. The van der Waals surface area contributed by atoms with Crippen LogP contribution in [0.5, 0.6) is 0 Å². The molecule has 0 atom stereocenters. The molecule has 1 heterocycles. The Morgan fingerprint density at radius 3 is 2.69 bits per heavy atom. The summed E-state index contributed by atoms with van der Waals surface area (Å²) in [4.78, 5) is 7.29. The fraction of sp³-hybridized carbons (Fsp3) is 0. The molecule has 1 aromatic carbocycles. The van der Waals surface area contributed by atoms with Gasteiger partial charge < -0.3 is 5.32 Å². The van der Waals surface area contributed by atoms with Gasteiger partial charge in [-0.25, -0.2) is 9.97 Å². The number of anilines is 2. The molecule has 0 saturated carbocycles. The lowest BCUT2D eigenvalue weighted by Crippen LogP contribution is -1.96. The molecule has 0 radical (unpaired) electrons. The first kappa shape index (κ1) is 11.5. The summed E-state index contributed by atoms with van der Waals surface area (Å²) < 4.78 is 14.6. The molecule has 1 aromatic heterocycles. The number of benzene rings is 1. The van der Waals surface area contributed by atoms with E-state index in [2.05, 4.69) is 47.1 Å². The summed E-state index contributed by atoms with van der Waals surface area (Å²) >= 11 is 6.74. The van der Waals surface area contributed by atoms with E-state index in [0.717, 1.165) is 14.6 Å². The Bertz CT molecular complexity index is 519. The fourth-order valence-corrected chi connectivity index (χ4v) is 1.84. The van der Waals surface area contributed by atoms with Crippen molar-refractivity contribution in [1.29, 1.82) is 0 Å². The van der Waals surface area contributed by atoms with Crippen LogP contribution in [-0.4, -0.2) is 9.97 Å². The number of halogens is 3.